The minimum absolute atomic E-state index is 0.0139. The van der Waals surface area contributed by atoms with Crippen LogP contribution < -0.4 is 10.3 Å². The van der Waals surface area contributed by atoms with Crippen LogP contribution in [-0.4, -0.2) is 46.1 Å². The molecule has 4 rings (SSSR count). The Morgan fingerprint density at radius 3 is 2.50 bits per heavy atom. The van der Waals surface area contributed by atoms with Crippen molar-refractivity contribution < 1.29 is 27.4 Å². The van der Waals surface area contributed by atoms with Crippen LogP contribution in [0.3, 0.4) is 0 Å². The number of hydrogen-bond acceptors (Lipinski definition) is 5. The molecule has 2 aromatic carbocycles. The Morgan fingerprint density at radius 2 is 1.89 bits per heavy atom. The Bertz CT molecular complexity index is 1370. The number of benzene rings is 2. The molecule has 1 aliphatic rings. The van der Waals surface area contributed by atoms with Gasteiger partial charge in [0.15, 0.2) is 0 Å². The van der Waals surface area contributed by atoms with E-state index < -0.39 is 23.4 Å². The number of nitrogens with one attached hydrogen (secondary N) is 1. The topological polar surface area (TPSA) is 84.5 Å². The number of rotatable bonds is 4. The third-order valence-corrected chi connectivity index (χ3v) is 6.22. The van der Waals surface area contributed by atoms with Crippen molar-refractivity contribution in [2.45, 2.75) is 52.2 Å². The Morgan fingerprint density at radius 1 is 1.22 bits per heavy atom. The van der Waals surface area contributed by atoms with Crippen LogP contribution in [0, 0.1) is 6.92 Å². The molecule has 3 unspecified atom stereocenters. The molecular formula is C25H25ClF3N3O4. The van der Waals surface area contributed by atoms with Crippen molar-refractivity contribution in [3.05, 3.63) is 68.2 Å². The van der Waals surface area contributed by atoms with Gasteiger partial charge in [-0.05, 0) is 58.0 Å². The predicted octanol–water partition coefficient (Wildman–Crippen LogP) is 5.29. The highest BCUT2D eigenvalue weighted by Crippen LogP contribution is 2.39. The standard InChI is InChI=1S/C25H25ClF3N3O4/c1-12-10-32(11-13(2)35-12)24(34)16-5-6-22(20(26)7-16)36-14(3)17-8-18-21(9-19(17)25(27,28)29)30-15(4)31-23(18)33/h5-9,12-14H,10-11H2,1-4H3,(H,30,31,33). The number of nitrogens with zero attached hydrogens (tertiary/aromatic N) is 2. The van der Waals surface area contributed by atoms with Crippen LogP contribution in [0.15, 0.2) is 35.1 Å². The molecule has 2 heterocycles. The fourth-order valence-electron chi connectivity index (χ4n) is 4.41. The molecule has 1 aromatic heterocycles. The van der Waals surface area contributed by atoms with Crippen LogP contribution in [0.5, 0.6) is 5.75 Å². The van der Waals surface area contributed by atoms with Crippen LogP contribution in [0.25, 0.3) is 10.9 Å². The fourth-order valence-corrected chi connectivity index (χ4v) is 4.64. The van der Waals surface area contributed by atoms with Crippen LogP contribution in [-0.2, 0) is 10.9 Å². The van der Waals surface area contributed by atoms with E-state index in [2.05, 4.69) is 9.97 Å². The molecule has 36 heavy (non-hydrogen) atoms. The van der Waals surface area contributed by atoms with Gasteiger partial charge in [-0.2, -0.15) is 13.2 Å². The number of aromatic amines is 1. The van der Waals surface area contributed by atoms with Gasteiger partial charge >= 0.3 is 6.18 Å². The van der Waals surface area contributed by atoms with Gasteiger partial charge < -0.3 is 19.4 Å². The summed E-state index contributed by atoms with van der Waals surface area (Å²) in [5.41, 5.74) is -1.48. The summed E-state index contributed by atoms with van der Waals surface area (Å²) in [6, 6.07) is 6.38. The quantitative estimate of drug-likeness (QED) is 0.502. The first-order valence-corrected chi connectivity index (χ1v) is 11.7. The van der Waals surface area contributed by atoms with Gasteiger partial charge in [-0.15, -0.1) is 0 Å². The number of amides is 1. The summed E-state index contributed by atoms with van der Waals surface area (Å²) in [5.74, 6) is 0.0862. The maximum atomic E-state index is 13.9. The molecule has 7 nitrogen and oxygen atoms in total. The average molecular weight is 524 g/mol. The van der Waals surface area contributed by atoms with E-state index in [9.17, 15) is 22.8 Å². The van der Waals surface area contributed by atoms with Crippen molar-refractivity contribution in [1.29, 1.82) is 0 Å². The lowest BCUT2D eigenvalue weighted by atomic mass is 9.99. The maximum Gasteiger partial charge on any atom is 0.416 e. The van der Waals surface area contributed by atoms with Gasteiger partial charge in [0.1, 0.15) is 17.7 Å². The molecule has 3 atom stereocenters. The van der Waals surface area contributed by atoms with Crippen molar-refractivity contribution in [2.75, 3.05) is 13.1 Å². The van der Waals surface area contributed by atoms with Gasteiger partial charge in [0, 0.05) is 24.2 Å². The van der Waals surface area contributed by atoms with Crippen LogP contribution in [0.1, 0.15) is 54.2 Å². The molecule has 3 aromatic rings. The molecule has 0 spiro atoms. The molecule has 11 heteroatoms. The van der Waals surface area contributed by atoms with Gasteiger partial charge in [-0.1, -0.05) is 11.6 Å². The predicted molar refractivity (Wildman–Crippen MR) is 129 cm³/mol. The number of carbonyl (C=O) groups is 1. The lowest BCUT2D eigenvalue weighted by Crippen LogP contribution is -2.48. The van der Waals surface area contributed by atoms with Crippen LogP contribution in [0.2, 0.25) is 5.02 Å². The maximum absolute atomic E-state index is 13.9. The van der Waals surface area contributed by atoms with Crippen molar-refractivity contribution in [3.63, 3.8) is 0 Å². The number of alkyl halides is 3. The highest BCUT2D eigenvalue weighted by atomic mass is 35.5. The normalized spacial score (nSPS) is 19.4. The van der Waals surface area contributed by atoms with E-state index in [1.165, 1.54) is 32.0 Å². The lowest BCUT2D eigenvalue weighted by Gasteiger charge is -2.35. The second-order valence-corrected chi connectivity index (χ2v) is 9.39. The van der Waals surface area contributed by atoms with Crippen LogP contribution >= 0.6 is 11.6 Å². The summed E-state index contributed by atoms with van der Waals surface area (Å²) in [6.45, 7) is 7.56. The van der Waals surface area contributed by atoms with E-state index in [1.54, 1.807) is 4.90 Å². The van der Waals surface area contributed by atoms with E-state index in [4.69, 9.17) is 21.1 Å². The molecule has 1 N–H and O–H groups in total. The van der Waals surface area contributed by atoms with E-state index in [-0.39, 0.29) is 51.2 Å². The summed E-state index contributed by atoms with van der Waals surface area (Å²) in [4.78, 5) is 33.5. The van der Waals surface area contributed by atoms with Gasteiger partial charge in [-0.25, -0.2) is 4.98 Å². The van der Waals surface area contributed by atoms with Gasteiger partial charge in [0.2, 0.25) is 0 Å². The van der Waals surface area contributed by atoms with E-state index in [1.807, 2.05) is 13.8 Å². The number of halogens is 4. The van der Waals surface area contributed by atoms with Crippen molar-refractivity contribution in [3.8, 4) is 5.75 Å². The number of H-pyrrole nitrogens is 1. The second kappa shape index (κ2) is 9.74. The summed E-state index contributed by atoms with van der Waals surface area (Å²) in [7, 11) is 0. The first kappa shape index (κ1) is 26.0. The Kier molecular flexibility index (Phi) is 7.03. The first-order valence-electron chi connectivity index (χ1n) is 11.4. The van der Waals surface area contributed by atoms with E-state index in [0.29, 0.717) is 18.7 Å². The number of ether oxygens (including phenoxy) is 2. The van der Waals surface area contributed by atoms with E-state index >= 15 is 0 Å². The molecule has 192 valence electrons. The number of morpholine rings is 1. The van der Waals surface area contributed by atoms with Crippen molar-refractivity contribution >= 4 is 28.4 Å². The average Bonchev–Trinajstić information content (AvgIpc) is 2.77. The van der Waals surface area contributed by atoms with E-state index in [0.717, 1.165) is 12.1 Å². The highest BCUT2D eigenvalue weighted by Gasteiger charge is 2.36. The molecule has 1 saturated heterocycles. The monoisotopic (exact) mass is 523 g/mol. The third-order valence-electron chi connectivity index (χ3n) is 5.93. The van der Waals surface area contributed by atoms with Crippen molar-refractivity contribution in [1.82, 2.24) is 14.9 Å². The molecule has 0 saturated carbocycles. The molecule has 1 fully saturated rings. The third kappa shape index (κ3) is 5.34. The summed E-state index contributed by atoms with van der Waals surface area (Å²) < 4.78 is 53.1. The zero-order valence-electron chi connectivity index (χ0n) is 20.1. The first-order chi connectivity index (χ1) is 16.8. The smallest absolute Gasteiger partial charge is 0.416 e. The number of carbonyl (C=O) groups excluding carboxylic acids is 1. The van der Waals surface area contributed by atoms with Crippen molar-refractivity contribution in [2.24, 2.45) is 0 Å². The zero-order valence-corrected chi connectivity index (χ0v) is 20.8. The minimum atomic E-state index is -4.70. The Hall–Kier alpha value is -3.11. The fraction of sp³-hybridized carbons (Fsp3) is 0.400. The van der Waals surface area contributed by atoms with Gasteiger partial charge in [0.05, 0.1) is 33.7 Å². The zero-order chi connectivity index (χ0) is 26.4. The molecule has 0 radical (unpaired) electrons. The molecule has 0 bridgehead atoms. The summed E-state index contributed by atoms with van der Waals surface area (Å²) in [6.07, 6.45) is -6.03. The molecular weight excluding hydrogens is 499 g/mol. The van der Waals surface area contributed by atoms with Gasteiger partial charge in [-0.3, -0.25) is 9.59 Å². The molecule has 1 amide bonds. The Balaban J connectivity index is 1.63. The number of fused-ring (bicyclic) bond motifs is 1. The number of hydrogen-bond donors (Lipinski definition) is 1. The van der Waals surface area contributed by atoms with Crippen LogP contribution in [0.4, 0.5) is 13.2 Å². The largest absolute Gasteiger partial charge is 0.484 e. The molecule has 0 aliphatic carbocycles. The van der Waals surface area contributed by atoms with Gasteiger partial charge in [0.25, 0.3) is 11.5 Å². The SMILES string of the molecule is Cc1nc2cc(C(F)(F)F)c(C(C)Oc3ccc(C(=O)N4CC(C)OC(C)C4)cc3Cl)cc2c(=O)[nH]1. The highest BCUT2D eigenvalue weighted by molar-refractivity contribution is 6.32. The Labute approximate surface area is 210 Å². The number of aromatic nitrogens is 2. The number of aryl methyl sites for hydroxylation is 1. The molecule has 1 aliphatic heterocycles. The summed E-state index contributed by atoms with van der Waals surface area (Å²) >= 11 is 6.36. The lowest BCUT2D eigenvalue weighted by molar-refractivity contribution is -0.138. The second-order valence-electron chi connectivity index (χ2n) is 8.98. The summed E-state index contributed by atoms with van der Waals surface area (Å²) in [5, 5.41) is 0.0894. The minimum Gasteiger partial charge on any atom is -0.484 e.